The third kappa shape index (κ3) is 5.27. The quantitative estimate of drug-likeness (QED) is 0.667. The molecule has 0 aliphatic carbocycles. The van der Waals surface area contributed by atoms with Crippen LogP contribution in [0.4, 0.5) is 5.13 Å². The Kier molecular flexibility index (Phi) is 6.91. The summed E-state index contributed by atoms with van der Waals surface area (Å²) in [5.41, 5.74) is 1.63. The predicted octanol–water partition coefficient (Wildman–Crippen LogP) is 1.33. The zero-order chi connectivity index (χ0) is 18.2. The van der Waals surface area contributed by atoms with Gasteiger partial charge in [-0.15, -0.1) is 11.3 Å². The average molecular weight is 363 g/mol. The number of carboxylic acids is 1. The number of carbonyl (C=O) groups is 2. The molecule has 1 aromatic carbocycles. The van der Waals surface area contributed by atoms with Crippen LogP contribution < -0.4 is 14.7 Å². The summed E-state index contributed by atoms with van der Waals surface area (Å²) in [6, 6.07) is 7.44. The van der Waals surface area contributed by atoms with E-state index in [1.165, 1.54) is 23.3 Å². The van der Waals surface area contributed by atoms with Gasteiger partial charge in [0.15, 0.2) is 5.13 Å². The van der Waals surface area contributed by atoms with Crippen LogP contribution >= 0.6 is 11.3 Å². The Morgan fingerprint density at radius 2 is 1.92 bits per heavy atom. The van der Waals surface area contributed by atoms with Crippen molar-refractivity contribution in [3.8, 4) is 17.0 Å². The van der Waals surface area contributed by atoms with Crippen LogP contribution in [0.5, 0.6) is 5.75 Å². The largest absolute Gasteiger partial charge is 0.550 e. The summed E-state index contributed by atoms with van der Waals surface area (Å²) in [5, 5.41) is 12.9. The van der Waals surface area contributed by atoms with Gasteiger partial charge in [-0.25, -0.2) is 4.98 Å². The van der Waals surface area contributed by atoms with Gasteiger partial charge in [0, 0.05) is 30.4 Å². The second kappa shape index (κ2) is 9.14. The fourth-order valence-corrected chi connectivity index (χ4v) is 3.01. The third-order valence-electron chi connectivity index (χ3n) is 3.47. The molecule has 0 atom stereocenters. The molecular weight excluding hydrogens is 344 g/mol. The molecule has 8 heteroatoms. The van der Waals surface area contributed by atoms with Crippen LogP contribution in [0.2, 0.25) is 0 Å². The molecule has 25 heavy (non-hydrogen) atoms. The Morgan fingerprint density at radius 3 is 2.52 bits per heavy atom. The lowest BCUT2D eigenvalue weighted by molar-refractivity contribution is -0.305. The predicted molar refractivity (Wildman–Crippen MR) is 92.6 cm³/mol. The Hall–Kier alpha value is -2.45. The highest BCUT2D eigenvalue weighted by Crippen LogP contribution is 2.29. The van der Waals surface area contributed by atoms with Gasteiger partial charge >= 0.3 is 0 Å². The second-order valence-corrected chi connectivity index (χ2v) is 5.99. The fraction of sp³-hybridized carbons (Fsp3) is 0.353. The number of methoxy groups -OCH3 is 2. The molecule has 0 unspecified atom stereocenters. The van der Waals surface area contributed by atoms with Gasteiger partial charge in [-0.3, -0.25) is 9.69 Å². The van der Waals surface area contributed by atoms with Gasteiger partial charge in [-0.2, -0.15) is 0 Å². The van der Waals surface area contributed by atoms with E-state index in [0.717, 1.165) is 17.0 Å². The molecule has 134 valence electrons. The lowest BCUT2D eigenvalue weighted by Crippen LogP contribution is -2.35. The van der Waals surface area contributed by atoms with Crippen LogP contribution in [-0.2, 0) is 14.3 Å². The van der Waals surface area contributed by atoms with Gasteiger partial charge in [-0.1, -0.05) is 0 Å². The number of carbonyl (C=O) groups excluding carboxylic acids is 2. The van der Waals surface area contributed by atoms with E-state index in [1.807, 2.05) is 29.6 Å². The molecule has 0 aliphatic rings. The number of benzene rings is 1. The van der Waals surface area contributed by atoms with E-state index in [1.54, 1.807) is 7.11 Å². The van der Waals surface area contributed by atoms with E-state index in [0.29, 0.717) is 18.3 Å². The Morgan fingerprint density at radius 1 is 1.20 bits per heavy atom. The van der Waals surface area contributed by atoms with Gasteiger partial charge in [-0.05, 0) is 30.7 Å². The molecule has 0 N–H and O–H groups in total. The first-order chi connectivity index (χ1) is 12.0. The second-order valence-electron chi connectivity index (χ2n) is 5.15. The highest BCUT2D eigenvalue weighted by atomic mass is 32.1. The molecule has 1 aromatic heterocycles. The fourth-order valence-electron chi connectivity index (χ4n) is 2.14. The molecule has 0 radical (unpaired) electrons. The third-order valence-corrected chi connectivity index (χ3v) is 4.34. The molecule has 0 saturated heterocycles. The zero-order valence-corrected chi connectivity index (χ0v) is 14.9. The number of amides is 1. The number of anilines is 1. The number of thiazole rings is 1. The van der Waals surface area contributed by atoms with Crippen molar-refractivity contribution in [2.75, 3.05) is 32.3 Å². The molecule has 0 saturated carbocycles. The van der Waals surface area contributed by atoms with E-state index in [4.69, 9.17) is 9.47 Å². The minimum Gasteiger partial charge on any atom is -0.550 e. The average Bonchev–Trinajstić information content (AvgIpc) is 3.10. The number of aliphatic carboxylic acids is 1. The molecule has 7 nitrogen and oxygen atoms in total. The lowest BCUT2D eigenvalue weighted by Gasteiger charge is -2.19. The minimum atomic E-state index is -1.25. The first-order valence-corrected chi connectivity index (χ1v) is 8.52. The van der Waals surface area contributed by atoms with Gasteiger partial charge in [0.2, 0.25) is 5.91 Å². The van der Waals surface area contributed by atoms with E-state index in [2.05, 4.69) is 4.98 Å². The number of ether oxygens (including phenoxy) is 2. The summed E-state index contributed by atoms with van der Waals surface area (Å²) < 4.78 is 10.2. The van der Waals surface area contributed by atoms with Crippen molar-refractivity contribution in [1.82, 2.24) is 4.98 Å². The van der Waals surface area contributed by atoms with Crippen LogP contribution in [0.1, 0.15) is 12.8 Å². The summed E-state index contributed by atoms with van der Waals surface area (Å²) in [5.74, 6) is -0.826. The number of hydrogen-bond acceptors (Lipinski definition) is 7. The number of carboxylic acid groups (broad SMARTS) is 1. The summed E-state index contributed by atoms with van der Waals surface area (Å²) >= 11 is 1.32. The Bertz CT molecular complexity index is 714. The molecule has 0 aliphatic heterocycles. The topological polar surface area (TPSA) is 91.8 Å². The van der Waals surface area contributed by atoms with E-state index >= 15 is 0 Å². The number of nitrogens with zero attached hydrogens (tertiary/aromatic N) is 2. The van der Waals surface area contributed by atoms with Crippen LogP contribution in [0.15, 0.2) is 29.6 Å². The monoisotopic (exact) mass is 363 g/mol. The van der Waals surface area contributed by atoms with E-state index in [9.17, 15) is 14.7 Å². The number of rotatable bonds is 9. The molecule has 2 rings (SSSR count). The molecule has 1 heterocycles. The summed E-state index contributed by atoms with van der Waals surface area (Å²) in [6.07, 6.45) is -0.456. The van der Waals surface area contributed by atoms with Crippen LogP contribution in [0.25, 0.3) is 11.3 Å². The smallest absolute Gasteiger partial charge is 0.229 e. The maximum Gasteiger partial charge on any atom is 0.229 e. The Balaban J connectivity index is 2.18. The summed E-state index contributed by atoms with van der Waals surface area (Å²) in [7, 11) is 3.14. The summed E-state index contributed by atoms with van der Waals surface area (Å²) in [4.78, 5) is 28.9. The molecule has 0 spiro atoms. The minimum absolute atomic E-state index is 0.135. The highest BCUT2D eigenvalue weighted by Gasteiger charge is 2.19. The van der Waals surface area contributed by atoms with Gasteiger partial charge in [0.05, 0.1) is 26.0 Å². The van der Waals surface area contributed by atoms with Crippen molar-refractivity contribution in [3.05, 3.63) is 29.6 Å². The van der Waals surface area contributed by atoms with E-state index < -0.39 is 5.97 Å². The van der Waals surface area contributed by atoms with Gasteiger partial charge in [0.1, 0.15) is 5.75 Å². The maximum atomic E-state index is 12.3. The standard InChI is InChI=1S/C17H20N2O5S/c1-23-10-9-19(15(20)7-8-16(21)22)17-18-14(11-25-17)12-3-5-13(24-2)6-4-12/h3-6,11H,7-10H2,1-2H3,(H,21,22)/p-1. The van der Waals surface area contributed by atoms with Crippen LogP contribution in [0, 0.1) is 0 Å². The molecule has 2 aromatic rings. The number of hydrogen-bond donors (Lipinski definition) is 0. The molecule has 0 fully saturated rings. The van der Waals surface area contributed by atoms with Crippen molar-refractivity contribution >= 4 is 28.3 Å². The van der Waals surface area contributed by atoms with Crippen LogP contribution in [0.3, 0.4) is 0 Å². The number of aromatic nitrogens is 1. The normalized spacial score (nSPS) is 10.5. The van der Waals surface area contributed by atoms with Crippen molar-refractivity contribution in [3.63, 3.8) is 0 Å². The Labute approximate surface area is 149 Å². The zero-order valence-electron chi connectivity index (χ0n) is 14.1. The molecule has 1 amide bonds. The first-order valence-electron chi connectivity index (χ1n) is 7.64. The van der Waals surface area contributed by atoms with E-state index in [-0.39, 0.29) is 18.7 Å². The molecular formula is C17H19N2O5S-. The molecule has 0 bridgehead atoms. The SMILES string of the molecule is COCCN(C(=O)CCC(=O)[O-])c1nc(-c2ccc(OC)cc2)cs1. The van der Waals surface area contributed by atoms with Crippen molar-refractivity contribution in [2.24, 2.45) is 0 Å². The van der Waals surface area contributed by atoms with Gasteiger partial charge in [0.25, 0.3) is 0 Å². The maximum absolute atomic E-state index is 12.3. The van der Waals surface area contributed by atoms with Crippen molar-refractivity contribution < 1.29 is 24.2 Å². The van der Waals surface area contributed by atoms with Crippen LogP contribution in [-0.4, -0.2) is 44.2 Å². The van der Waals surface area contributed by atoms with Gasteiger partial charge < -0.3 is 19.4 Å². The lowest BCUT2D eigenvalue weighted by atomic mass is 10.2. The highest BCUT2D eigenvalue weighted by molar-refractivity contribution is 7.14. The van der Waals surface area contributed by atoms with Crippen molar-refractivity contribution in [2.45, 2.75) is 12.8 Å². The first kappa shape index (κ1) is 18.9. The van der Waals surface area contributed by atoms with Crippen molar-refractivity contribution in [1.29, 1.82) is 0 Å². The summed E-state index contributed by atoms with van der Waals surface area (Å²) in [6.45, 7) is 0.631.